The molecule has 0 bridgehead atoms. The summed E-state index contributed by atoms with van der Waals surface area (Å²) in [6.07, 6.45) is 0. The van der Waals surface area contributed by atoms with E-state index in [2.05, 4.69) is 4.98 Å². The van der Waals surface area contributed by atoms with E-state index in [0.717, 1.165) is 16.0 Å². The molecular formula is C19H19N3O5. The van der Waals surface area contributed by atoms with E-state index in [1.165, 1.54) is 12.1 Å². The van der Waals surface area contributed by atoms with E-state index < -0.39 is 22.2 Å². The number of hydrogen-bond acceptors (Lipinski definition) is 6. The Bertz CT molecular complexity index is 968. The van der Waals surface area contributed by atoms with Gasteiger partial charge in [0.05, 0.1) is 6.54 Å². The Labute approximate surface area is 155 Å². The second-order valence-corrected chi connectivity index (χ2v) is 6.97. The van der Waals surface area contributed by atoms with Gasteiger partial charge in [0.2, 0.25) is 0 Å². The topological polar surface area (TPSA) is 103 Å². The molecule has 140 valence electrons. The number of ketones is 1. The second kappa shape index (κ2) is 6.46. The normalized spacial score (nSPS) is 15.1. The summed E-state index contributed by atoms with van der Waals surface area (Å²) in [6, 6.07) is 7.89. The molecular weight excluding hydrogens is 350 g/mol. The number of nitrogens with zero attached hydrogens (tertiary/aromatic N) is 3. The molecule has 1 aromatic carbocycles. The fourth-order valence-electron chi connectivity index (χ4n) is 2.84. The molecule has 0 saturated heterocycles. The zero-order chi connectivity index (χ0) is 19.9. The summed E-state index contributed by atoms with van der Waals surface area (Å²) in [6.45, 7) is 6.71. The van der Waals surface area contributed by atoms with Crippen molar-refractivity contribution >= 4 is 23.3 Å². The van der Waals surface area contributed by atoms with Gasteiger partial charge in [0.25, 0.3) is 11.7 Å². The van der Waals surface area contributed by atoms with Gasteiger partial charge in [-0.05, 0) is 60.9 Å². The zero-order valence-corrected chi connectivity index (χ0v) is 15.5. The van der Waals surface area contributed by atoms with E-state index in [9.17, 15) is 19.7 Å². The van der Waals surface area contributed by atoms with E-state index >= 15 is 0 Å². The zero-order valence-electron chi connectivity index (χ0n) is 15.5. The molecule has 0 atom stereocenters. The van der Waals surface area contributed by atoms with Crippen LogP contribution in [0.2, 0.25) is 0 Å². The highest BCUT2D eigenvalue weighted by Crippen LogP contribution is 2.37. The summed E-state index contributed by atoms with van der Waals surface area (Å²) in [5.74, 6) is -0.999. The van der Waals surface area contributed by atoms with Gasteiger partial charge in [0.1, 0.15) is 0 Å². The first-order valence-corrected chi connectivity index (χ1v) is 8.37. The lowest BCUT2D eigenvalue weighted by Crippen LogP contribution is -2.54. The number of nitro groups is 1. The number of anilines is 1. The monoisotopic (exact) mass is 369 g/mol. The van der Waals surface area contributed by atoms with Gasteiger partial charge < -0.3 is 14.9 Å². The van der Waals surface area contributed by atoms with Crippen molar-refractivity contribution in [3.05, 3.63) is 57.1 Å². The van der Waals surface area contributed by atoms with Crippen molar-refractivity contribution in [1.29, 1.82) is 0 Å². The van der Waals surface area contributed by atoms with Crippen LogP contribution in [0.25, 0.3) is 0 Å². The SMILES string of the molecule is Cc1ccc(C(=O)CN2C(=O)C(C)(C)Oc3ccc([N+](=O)[O-])nc32)cc1C. The molecule has 1 aromatic heterocycles. The first-order valence-electron chi connectivity index (χ1n) is 8.37. The van der Waals surface area contributed by atoms with Gasteiger partial charge in [0, 0.05) is 11.6 Å². The van der Waals surface area contributed by atoms with Gasteiger partial charge in [-0.25, -0.2) is 0 Å². The van der Waals surface area contributed by atoms with Crippen molar-refractivity contribution in [1.82, 2.24) is 4.98 Å². The Kier molecular flexibility index (Phi) is 4.43. The van der Waals surface area contributed by atoms with Gasteiger partial charge in [-0.1, -0.05) is 12.1 Å². The van der Waals surface area contributed by atoms with Gasteiger partial charge in [-0.2, -0.15) is 0 Å². The van der Waals surface area contributed by atoms with Crippen LogP contribution >= 0.6 is 0 Å². The maximum atomic E-state index is 12.8. The number of rotatable bonds is 4. The number of aryl methyl sites for hydroxylation is 2. The van der Waals surface area contributed by atoms with Crippen molar-refractivity contribution in [2.75, 3.05) is 11.4 Å². The molecule has 1 aliphatic heterocycles. The summed E-state index contributed by atoms with van der Waals surface area (Å²) < 4.78 is 5.63. The van der Waals surface area contributed by atoms with E-state index in [-0.39, 0.29) is 23.9 Å². The first-order chi connectivity index (χ1) is 12.6. The van der Waals surface area contributed by atoms with Crippen LogP contribution in [0.1, 0.15) is 35.3 Å². The lowest BCUT2D eigenvalue weighted by atomic mass is 10.0. The molecule has 0 unspecified atom stereocenters. The van der Waals surface area contributed by atoms with E-state index in [0.29, 0.717) is 5.56 Å². The molecule has 8 heteroatoms. The highest BCUT2D eigenvalue weighted by molar-refractivity contribution is 6.09. The third kappa shape index (κ3) is 3.38. The Morgan fingerprint density at radius 3 is 2.56 bits per heavy atom. The number of aromatic nitrogens is 1. The smallest absolute Gasteiger partial charge is 0.366 e. The van der Waals surface area contributed by atoms with Crippen LogP contribution in [0.5, 0.6) is 5.75 Å². The predicted octanol–water partition coefficient (Wildman–Crippen LogP) is 2.99. The number of fused-ring (bicyclic) bond motifs is 1. The van der Waals surface area contributed by atoms with Crippen LogP contribution in [-0.4, -0.2) is 33.7 Å². The molecule has 8 nitrogen and oxygen atoms in total. The Hall–Kier alpha value is -3.29. The Morgan fingerprint density at radius 1 is 1.22 bits per heavy atom. The first kappa shape index (κ1) is 18.5. The molecule has 3 rings (SSSR count). The highest BCUT2D eigenvalue weighted by atomic mass is 16.6. The van der Waals surface area contributed by atoms with Crippen LogP contribution in [0.15, 0.2) is 30.3 Å². The number of benzene rings is 1. The number of pyridine rings is 1. The molecule has 2 aromatic rings. The van der Waals surface area contributed by atoms with E-state index in [1.807, 2.05) is 19.9 Å². The molecule has 0 spiro atoms. The summed E-state index contributed by atoms with van der Waals surface area (Å²) in [4.78, 5) is 41.0. The maximum Gasteiger partial charge on any atom is 0.366 e. The fourth-order valence-corrected chi connectivity index (χ4v) is 2.84. The molecule has 0 radical (unpaired) electrons. The molecule has 0 N–H and O–H groups in total. The number of ether oxygens (including phenoxy) is 1. The number of amides is 1. The van der Waals surface area contributed by atoms with Crippen molar-refractivity contribution in [2.24, 2.45) is 0 Å². The highest BCUT2D eigenvalue weighted by Gasteiger charge is 2.45. The van der Waals surface area contributed by atoms with Crippen molar-refractivity contribution < 1.29 is 19.2 Å². The standard InChI is InChI=1S/C19H19N3O5/c1-11-5-6-13(9-12(11)2)14(23)10-21-17-15(27-19(3,4)18(21)24)7-8-16(20-17)22(25)26/h5-9H,10H2,1-4H3. The van der Waals surface area contributed by atoms with Gasteiger partial charge >= 0.3 is 5.82 Å². The number of hydrogen-bond donors (Lipinski definition) is 0. The molecule has 0 saturated carbocycles. The van der Waals surface area contributed by atoms with Crippen molar-refractivity contribution in [3.8, 4) is 5.75 Å². The number of carbonyl (C=O) groups excluding carboxylic acids is 2. The van der Waals surface area contributed by atoms with Crippen LogP contribution in [0, 0.1) is 24.0 Å². The van der Waals surface area contributed by atoms with Gasteiger partial charge in [0.15, 0.2) is 17.1 Å². The third-order valence-corrected chi connectivity index (χ3v) is 4.52. The number of carbonyl (C=O) groups is 2. The third-order valence-electron chi connectivity index (χ3n) is 4.52. The lowest BCUT2D eigenvalue weighted by molar-refractivity contribution is -0.389. The van der Waals surface area contributed by atoms with Crippen LogP contribution in [0.4, 0.5) is 11.6 Å². The lowest BCUT2D eigenvalue weighted by Gasteiger charge is -2.35. The average Bonchev–Trinajstić information content (AvgIpc) is 2.60. The molecule has 0 aliphatic carbocycles. The largest absolute Gasteiger partial charge is 0.472 e. The fraction of sp³-hybridized carbons (Fsp3) is 0.316. The molecule has 2 heterocycles. The molecule has 0 fully saturated rings. The summed E-state index contributed by atoms with van der Waals surface area (Å²) in [7, 11) is 0. The number of Topliss-reactive ketones (excluding diaryl/α,β-unsaturated/α-hetero) is 1. The van der Waals surface area contributed by atoms with E-state index in [4.69, 9.17) is 4.74 Å². The Morgan fingerprint density at radius 2 is 1.93 bits per heavy atom. The van der Waals surface area contributed by atoms with Gasteiger partial charge in [-0.3, -0.25) is 14.5 Å². The quantitative estimate of drug-likeness (QED) is 0.466. The molecule has 1 amide bonds. The maximum absolute atomic E-state index is 12.8. The predicted molar refractivity (Wildman–Crippen MR) is 98.2 cm³/mol. The summed E-state index contributed by atoms with van der Waals surface area (Å²) in [5, 5.41) is 11.0. The minimum atomic E-state index is -1.21. The average molecular weight is 369 g/mol. The van der Waals surface area contributed by atoms with Crippen LogP contribution in [-0.2, 0) is 4.79 Å². The second-order valence-electron chi connectivity index (χ2n) is 6.97. The van der Waals surface area contributed by atoms with Crippen molar-refractivity contribution in [2.45, 2.75) is 33.3 Å². The molecule has 27 heavy (non-hydrogen) atoms. The van der Waals surface area contributed by atoms with Crippen molar-refractivity contribution in [3.63, 3.8) is 0 Å². The van der Waals surface area contributed by atoms with Crippen LogP contribution in [0.3, 0.4) is 0 Å². The summed E-state index contributed by atoms with van der Waals surface area (Å²) >= 11 is 0. The van der Waals surface area contributed by atoms with Crippen LogP contribution < -0.4 is 9.64 Å². The molecule has 1 aliphatic rings. The summed E-state index contributed by atoms with van der Waals surface area (Å²) in [5.41, 5.74) is 1.26. The van der Waals surface area contributed by atoms with Gasteiger partial charge in [-0.15, -0.1) is 0 Å². The minimum Gasteiger partial charge on any atom is -0.472 e. The van der Waals surface area contributed by atoms with E-state index in [1.54, 1.807) is 26.0 Å². The Balaban J connectivity index is 2.01. The minimum absolute atomic E-state index is 0.0225.